The maximum Gasteiger partial charge on any atom is 0.335 e. The van der Waals surface area contributed by atoms with Gasteiger partial charge in [0.1, 0.15) is 5.88 Å². The number of carboxylic acid groups (broad SMARTS) is 1. The minimum Gasteiger partial charge on any atom is -0.478 e. The van der Waals surface area contributed by atoms with Crippen LogP contribution in [-0.4, -0.2) is 29.5 Å². The van der Waals surface area contributed by atoms with E-state index in [2.05, 4.69) is 0 Å². The molecule has 1 N–H and O–H groups in total. The highest BCUT2D eigenvalue weighted by Gasteiger charge is 2.16. The molecule has 0 bridgehead atoms. The molecule has 0 saturated heterocycles. The zero-order valence-corrected chi connectivity index (χ0v) is 10.1. The molecular weight excluding hydrogens is 244 g/mol. The van der Waals surface area contributed by atoms with Gasteiger partial charge < -0.3 is 9.84 Å². The number of carbonyl (C=O) groups excluding carboxylic acids is 1. The van der Waals surface area contributed by atoms with Gasteiger partial charge in [-0.15, -0.1) is 11.6 Å². The van der Waals surface area contributed by atoms with Crippen molar-refractivity contribution in [2.75, 3.05) is 12.5 Å². The summed E-state index contributed by atoms with van der Waals surface area (Å²) >= 11 is 5.29. The van der Waals surface area contributed by atoms with Crippen LogP contribution in [0, 0.1) is 0 Å². The topological polar surface area (TPSA) is 63.6 Å². The Morgan fingerprint density at radius 3 is 2.65 bits per heavy atom. The Morgan fingerprint density at radius 1 is 1.41 bits per heavy atom. The highest BCUT2D eigenvalue weighted by molar-refractivity contribution is 6.26. The first-order valence-corrected chi connectivity index (χ1v) is 5.63. The second-order valence-electron chi connectivity index (χ2n) is 3.61. The van der Waals surface area contributed by atoms with Crippen LogP contribution in [0.4, 0.5) is 0 Å². The van der Waals surface area contributed by atoms with Crippen LogP contribution in [0.1, 0.15) is 28.8 Å². The third-order valence-electron chi connectivity index (χ3n) is 2.33. The van der Waals surface area contributed by atoms with E-state index in [4.69, 9.17) is 21.4 Å². The fourth-order valence-electron chi connectivity index (χ4n) is 1.47. The molecule has 5 heteroatoms. The Morgan fingerprint density at radius 2 is 2.06 bits per heavy atom. The van der Waals surface area contributed by atoms with Crippen molar-refractivity contribution in [3.8, 4) is 0 Å². The van der Waals surface area contributed by atoms with Gasteiger partial charge in [-0.2, -0.15) is 0 Å². The van der Waals surface area contributed by atoms with Gasteiger partial charge in [0.15, 0.2) is 0 Å². The van der Waals surface area contributed by atoms with E-state index in [9.17, 15) is 9.59 Å². The van der Waals surface area contributed by atoms with Crippen LogP contribution < -0.4 is 0 Å². The van der Waals surface area contributed by atoms with E-state index in [1.807, 2.05) is 0 Å². The quantitative estimate of drug-likeness (QED) is 0.648. The molecule has 17 heavy (non-hydrogen) atoms. The standard InChI is InChI=1S/C12H13ClO4/c1-8(7-17-11(14)6-13)9-4-2-3-5-10(9)12(15)16/h2-5,8H,6-7H2,1H3,(H,15,16). The number of carbonyl (C=O) groups is 2. The van der Waals surface area contributed by atoms with E-state index < -0.39 is 11.9 Å². The highest BCUT2D eigenvalue weighted by atomic mass is 35.5. The van der Waals surface area contributed by atoms with Gasteiger partial charge in [-0.05, 0) is 11.6 Å². The van der Waals surface area contributed by atoms with Crippen molar-refractivity contribution in [3.63, 3.8) is 0 Å². The lowest BCUT2D eigenvalue weighted by Gasteiger charge is -2.14. The first kappa shape index (κ1) is 13.5. The molecule has 0 aliphatic rings. The number of hydrogen-bond donors (Lipinski definition) is 1. The average molecular weight is 257 g/mol. The van der Waals surface area contributed by atoms with Crippen molar-refractivity contribution in [3.05, 3.63) is 35.4 Å². The lowest BCUT2D eigenvalue weighted by molar-refractivity contribution is -0.141. The van der Waals surface area contributed by atoms with Crippen LogP contribution in [0.2, 0.25) is 0 Å². The van der Waals surface area contributed by atoms with Crippen molar-refractivity contribution in [1.29, 1.82) is 0 Å². The van der Waals surface area contributed by atoms with Crippen LogP contribution in [0.5, 0.6) is 0 Å². The molecule has 0 aromatic heterocycles. The molecule has 1 atom stereocenters. The second-order valence-corrected chi connectivity index (χ2v) is 3.88. The first-order chi connectivity index (χ1) is 8.06. The minimum absolute atomic E-state index is 0.121. The van der Waals surface area contributed by atoms with Crippen LogP contribution in [0.15, 0.2) is 24.3 Å². The summed E-state index contributed by atoms with van der Waals surface area (Å²) in [6.07, 6.45) is 0. The molecule has 0 saturated carbocycles. The fourth-order valence-corrected chi connectivity index (χ4v) is 1.54. The van der Waals surface area contributed by atoms with Crippen molar-refractivity contribution < 1.29 is 19.4 Å². The average Bonchev–Trinajstić information content (AvgIpc) is 2.35. The Kier molecular flexibility index (Phi) is 4.97. The SMILES string of the molecule is CC(COC(=O)CCl)c1ccccc1C(=O)O. The van der Waals surface area contributed by atoms with E-state index in [1.54, 1.807) is 25.1 Å². The molecule has 92 valence electrons. The lowest BCUT2D eigenvalue weighted by atomic mass is 9.96. The number of ether oxygens (including phenoxy) is 1. The van der Waals surface area contributed by atoms with Crippen molar-refractivity contribution in [1.82, 2.24) is 0 Å². The van der Waals surface area contributed by atoms with Crippen molar-refractivity contribution >= 4 is 23.5 Å². The second kappa shape index (κ2) is 6.25. The minimum atomic E-state index is -0.990. The van der Waals surface area contributed by atoms with Crippen LogP contribution in [-0.2, 0) is 9.53 Å². The molecule has 0 spiro atoms. The summed E-state index contributed by atoms with van der Waals surface area (Å²) in [5, 5.41) is 9.01. The van der Waals surface area contributed by atoms with Crippen LogP contribution >= 0.6 is 11.6 Å². The smallest absolute Gasteiger partial charge is 0.335 e. The van der Waals surface area contributed by atoms with Gasteiger partial charge in [-0.25, -0.2) is 4.79 Å². The van der Waals surface area contributed by atoms with Gasteiger partial charge in [0, 0.05) is 5.92 Å². The van der Waals surface area contributed by atoms with Crippen molar-refractivity contribution in [2.45, 2.75) is 12.8 Å². The number of hydrogen-bond acceptors (Lipinski definition) is 3. The molecular formula is C12H13ClO4. The summed E-state index contributed by atoms with van der Waals surface area (Å²) in [4.78, 5) is 21.9. The summed E-state index contributed by atoms with van der Waals surface area (Å²) in [6, 6.07) is 6.65. The molecule has 1 rings (SSSR count). The largest absolute Gasteiger partial charge is 0.478 e. The maximum atomic E-state index is 11.0. The van der Waals surface area contributed by atoms with Gasteiger partial charge in [0.05, 0.1) is 12.2 Å². The van der Waals surface area contributed by atoms with Crippen LogP contribution in [0.3, 0.4) is 0 Å². The molecule has 4 nitrogen and oxygen atoms in total. The lowest BCUT2D eigenvalue weighted by Crippen LogP contribution is -2.14. The molecule has 0 amide bonds. The van der Waals surface area contributed by atoms with Gasteiger partial charge in [0.25, 0.3) is 0 Å². The predicted octanol–water partition coefficient (Wildman–Crippen LogP) is 2.27. The van der Waals surface area contributed by atoms with Crippen LogP contribution in [0.25, 0.3) is 0 Å². The number of alkyl halides is 1. The third kappa shape index (κ3) is 3.75. The Bertz CT molecular complexity index is 417. The molecule has 0 fully saturated rings. The molecule has 0 heterocycles. The Labute approximate surface area is 104 Å². The van der Waals surface area contributed by atoms with E-state index in [-0.39, 0.29) is 24.0 Å². The Balaban J connectivity index is 2.78. The summed E-state index contributed by atoms with van der Waals surface area (Å²) in [5.41, 5.74) is 0.865. The van der Waals surface area contributed by atoms with E-state index in [0.717, 1.165) is 0 Å². The maximum absolute atomic E-state index is 11.0. The van der Waals surface area contributed by atoms with Gasteiger partial charge in [-0.1, -0.05) is 25.1 Å². The predicted molar refractivity (Wildman–Crippen MR) is 63.5 cm³/mol. The van der Waals surface area contributed by atoms with E-state index in [0.29, 0.717) is 5.56 Å². The van der Waals surface area contributed by atoms with Gasteiger partial charge in [-0.3, -0.25) is 4.79 Å². The third-order valence-corrected chi connectivity index (χ3v) is 2.54. The van der Waals surface area contributed by atoms with Crippen molar-refractivity contribution in [2.24, 2.45) is 0 Å². The molecule has 0 aliphatic heterocycles. The van der Waals surface area contributed by atoms with E-state index in [1.165, 1.54) is 6.07 Å². The van der Waals surface area contributed by atoms with Gasteiger partial charge in [0.2, 0.25) is 0 Å². The summed E-state index contributed by atoms with van der Waals surface area (Å²) in [5.74, 6) is -1.88. The number of esters is 1. The van der Waals surface area contributed by atoms with Gasteiger partial charge >= 0.3 is 11.9 Å². The molecule has 0 radical (unpaired) electrons. The zero-order valence-electron chi connectivity index (χ0n) is 9.35. The molecule has 1 aromatic carbocycles. The summed E-state index contributed by atoms with van der Waals surface area (Å²) in [7, 11) is 0. The highest BCUT2D eigenvalue weighted by Crippen LogP contribution is 2.20. The molecule has 1 aromatic rings. The summed E-state index contributed by atoms with van der Waals surface area (Å²) < 4.78 is 4.88. The summed E-state index contributed by atoms with van der Waals surface area (Å²) in [6.45, 7) is 1.92. The number of aromatic carboxylic acids is 1. The molecule has 0 aliphatic carbocycles. The van der Waals surface area contributed by atoms with E-state index >= 15 is 0 Å². The Hall–Kier alpha value is -1.55. The number of halogens is 1. The molecule has 1 unspecified atom stereocenters. The number of benzene rings is 1. The zero-order chi connectivity index (χ0) is 12.8. The fraction of sp³-hybridized carbons (Fsp3) is 0.333. The number of carboxylic acids is 1. The first-order valence-electron chi connectivity index (χ1n) is 5.10. The monoisotopic (exact) mass is 256 g/mol. The number of rotatable bonds is 5. The normalized spacial score (nSPS) is 11.9.